The molecule has 0 aliphatic rings. The van der Waals surface area contributed by atoms with E-state index >= 15 is 0 Å². The number of carbonyl (C=O) groups excluding carboxylic acids is 2. The van der Waals surface area contributed by atoms with Gasteiger partial charge in [0.2, 0.25) is 5.91 Å². The largest absolute Gasteiger partial charge is 0.390 e. The van der Waals surface area contributed by atoms with Crippen molar-refractivity contribution in [2.75, 3.05) is 6.54 Å². The van der Waals surface area contributed by atoms with E-state index in [9.17, 15) is 19.8 Å². The summed E-state index contributed by atoms with van der Waals surface area (Å²) in [6.45, 7) is 1.60. The zero-order chi connectivity index (χ0) is 15.1. The van der Waals surface area contributed by atoms with E-state index in [2.05, 4.69) is 10.3 Å². The average Bonchev–Trinajstić information content (AvgIpc) is 2.45. The van der Waals surface area contributed by atoms with Crippen LogP contribution in [0.3, 0.4) is 0 Å². The molecule has 0 aromatic carbocycles. The van der Waals surface area contributed by atoms with Gasteiger partial charge >= 0.3 is 0 Å². The third kappa shape index (κ3) is 4.57. The van der Waals surface area contributed by atoms with Gasteiger partial charge in [0.05, 0.1) is 11.7 Å². The highest BCUT2D eigenvalue weighted by Crippen LogP contribution is 2.18. The molecule has 0 radical (unpaired) electrons. The fourth-order valence-electron chi connectivity index (χ4n) is 1.60. The number of pyridine rings is 1. The molecule has 8 nitrogen and oxygen atoms in total. The number of aliphatic hydroxyl groups is 2. The molecule has 6 N–H and O–H groups in total. The second-order valence-corrected chi connectivity index (χ2v) is 4.26. The SMILES string of the molecule is CC(=O)NCCC(O)C(O)c1cncc(C(=O)NN)c1. The summed E-state index contributed by atoms with van der Waals surface area (Å²) in [4.78, 5) is 25.8. The smallest absolute Gasteiger partial charge is 0.266 e. The Morgan fingerprint density at radius 2 is 2.10 bits per heavy atom. The van der Waals surface area contributed by atoms with E-state index < -0.39 is 18.1 Å². The van der Waals surface area contributed by atoms with Crippen LogP contribution in [-0.4, -0.2) is 39.7 Å². The molecule has 0 saturated heterocycles. The monoisotopic (exact) mass is 282 g/mol. The number of rotatable bonds is 6. The van der Waals surface area contributed by atoms with Crippen molar-refractivity contribution in [2.45, 2.75) is 25.6 Å². The zero-order valence-electron chi connectivity index (χ0n) is 11.0. The van der Waals surface area contributed by atoms with Gasteiger partial charge in [0.15, 0.2) is 0 Å². The molecule has 1 heterocycles. The summed E-state index contributed by atoms with van der Waals surface area (Å²) in [5.74, 6) is 4.25. The molecule has 20 heavy (non-hydrogen) atoms. The van der Waals surface area contributed by atoms with Gasteiger partial charge in [0.25, 0.3) is 5.91 Å². The maximum atomic E-state index is 11.3. The molecule has 0 saturated carbocycles. The van der Waals surface area contributed by atoms with Crippen molar-refractivity contribution in [3.8, 4) is 0 Å². The summed E-state index contributed by atoms with van der Waals surface area (Å²) in [7, 11) is 0. The molecule has 0 bridgehead atoms. The maximum Gasteiger partial charge on any atom is 0.266 e. The summed E-state index contributed by atoms with van der Waals surface area (Å²) < 4.78 is 0. The minimum absolute atomic E-state index is 0.175. The zero-order valence-corrected chi connectivity index (χ0v) is 11.0. The molecule has 0 spiro atoms. The number of carbonyl (C=O) groups is 2. The van der Waals surface area contributed by atoms with Gasteiger partial charge in [-0.05, 0) is 12.5 Å². The standard InChI is InChI=1S/C12H18N4O4/c1-7(17)15-3-2-10(18)11(19)8-4-9(6-14-5-8)12(20)16-13/h4-6,10-11,18-19H,2-3,13H2,1H3,(H,15,17)(H,16,20). The van der Waals surface area contributed by atoms with Gasteiger partial charge in [0, 0.05) is 31.4 Å². The maximum absolute atomic E-state index is 11.3. The lowest BCUT2D eigenvalue weighted by Crippen LogP contribution is -2.30. The predicted octanol–water partition coefficient (Wildman–Crippen LogP) is -1.39. The van der Waals surface area contributed by atoms with E-state index in [1.165, 1.54) is 25.4 Å². The van der Waals surface area contributed by atoms with Crippen LogP contribution in [0.5, 0.6) is 0 Å². The number of nitrogens with one attached hydrogen (secondary N) is 2. The van der Waals surface area contributed by atoms with Gasteiger partial charge in [-0.15, -0.1) is 0 Å². The van der Waals surface area contributed by atoms with Crippen LogP contribution in [0.15, 0.2) is 18.5 Å². The normalized spacial score (nSPS) is 13.4. The van der Waals surface area contributed by atoms with Crippen LogP contribution in [0.2, 0.25) is 0 Å². The Hall–Kier alpha value is -2.03. The molecule has 0 aliphatic carbocycles. The first-order chi connectivity index (χ1) is 9.45. The highest BCUT2D eigenvalue weighted by molar-refractivity contribution is 5.93. The molecule has 2 atom stereocenters. The van der Waals surface area contributed by atoms with Gasteiger partial charge in [0.1, 0.15) is 6.10 Å². The van der Waals surface area contributed by atoms with Crippen molar-refractivity contribution in [2.24, 2.45) is 5.84 Å². The van der Waals surface area contributed by atoms with Crippen molar-refractivity contribution >= 4 is 11.8 Å². The van der Waals surface area contributed by atoms with Crippen LogP contribution in [-0.2, 0) is 4.79 Å². The van der Waals surface area contributed by atoms with Crippen LogP contribution in [0, 0.1) is 0 Å². The quantitative estimate of drug-likeness (QED) is 0.247. The summed E-state index contributed by atoms with van der Waals surface area (Å²) in [6, 6.07) is 1.39. The van der Waals surface area contributed by atoms with E-state index in [1.54, 1.807) is 0 Å². The van der Waals surface area contributed by atoms with Crippen LogP contribution in [0.4, 0.5) is 0 Å². The fourth-order valence-corrected chi connectivity index (χ4v) is 1.60. The number of nitrogens with zero attached hydrogens (tertiary/aromatic N) is 1. The van der Waals surface area contributed by atoms with E-state index in [4.69, 9.17) is 5.84 Å². The third-order valence-electron chi connectivity index (χ3n) is 2.67. The molecule has 1 rings (SSSR count). The Kier molecular flexibility index (Phi) is 6.04. The van der Waals surface area contributed by atoms with Gasteiger partial charge in [-0.3, -0.25) is 20.0 Å². The highest BCUT2D eigenvalue weighted by Gasteiger charge is 2.19. The van der Waals surface area contributed by atoms with Gasteiger partial charge in [-0.1, -0.05) is 0 Å². The summed E-state index contributed by atoms with van der Waals surface area (Å²) in [5, 5.41) is 22.3. The Bertz CT molecular complexity index is 480. The molecule has 0 fully saturated rings. The fraction of sp³-hybridized carbons (Fsp3) is 0.417. The molecule has 8 heteroatoms. The van der Waals surface area contributed by atoms with Crippen molar-refractivity contribution in [3.05, 3.63) is 29.6 Å². The number of hydrogen-bond donors (Lipinski definition) is 5. The van der Waals surface area contributed by atoms with Gasteiger partial charge in [-0.2, -0.15) is 0 Å². The molecule has 2 unspecified atom stereocenters. The molecule has 0 aliphatic heterocycles. The summed E-state index contributed by atoms with van der Waals surface area (Å²) in [5.41, 5.74) is 2.42. The topological polar surface area (TPSA) is 138 Å². The average molecular weight is 282 g/mol. The molecule has 2 amide bonds. The minimum atomic E-state index is -1.21. The van der Waals surface area contributed by atoms with Crippen molar-refractivity contribution in [1.82, 2.24) is 15.7 Å². The van der Waals surface area contributed by atoms with E-state index in [-0.39, 0.29) is 24.4 Å². The van der Waals surface area contributed by atoms with Crippen LogP contribution in [0.1, 0.15) is 35.4 Å². The number of nitrogen functional groups attached to an aromatic ring is 1. The summed E-state index contributed by atoms with van der Waals surface area (Å²) in [6.07, 6.45) is 0.525. The lowest BCUT2D eigenvalue weighted by Gasteiger charge is -2.18. The Labute approximate surface area is 116 Å². The lowest BCUT2D eigenvalue weighted by atomic mass is 10.0. The van der Waals surface area contributed by atoms with Crippen LogP contribution in [0.25, 0.3) is 0 Å². The number of nitrogens with two attached hydrogens (primary N) is 1. The predicted molar refractivity (Wildman–Crippen MR) is 70.2 cm³/mol. The molecule has 110 valence electrons. The second kappa shape index (κ2) is 7.53. The lowest BCUT2D eigenvalue weighted by molar-refractivity contribution is -0.119. The molecular formula is C12H18N4O4. The molecular weight excluding hydrogens is 264 g/mol. The first-order valence-corrected chi connectivity index (χ1v) is 6.02. The van der Waals surface area contributed by atoms with Crippen molar-refractivity contribution in [1.29, 1.82) is 0 Å². The highest BCUT2D eigenvalue weighted by atomic mass is 16.3. The first-order valence-electron chi connectivity index (χ1n) is 6.02. The first kappa shape index (κ1) is 16.0. The van der Waals surface area contributed by atoms with E-state index in [1.807, 2.05) is 5.43 Å². The Morgan fingerprint density at radius 3 is 2.70 bits per heavy atom. The number of amides is 2. The molecule has 1 aromatic heterocycles. The van der Waals surface area contributed by atoms with Crippen LogP contribution >= 0.6 is 0 Å². The van der Waals surface area contributed by atoms with Crippen molar-refractivity contribution < 1.29 is 19.8 Å². The second-order valence-electron chi connectivity index (χ2n) is 4.26. The minimum Gasteiger partial charge on any atom is -0.390 e. The van der Waals surface area contributed by atoms with E-state index in [0.29, 0.717) is 5.56 Å². The number of aliphatic hydroxyl groups excluding tert-OH is 2. The Morgan fingerprint density at radius 1 is 1.40 bits per heavy atom. The van der Waals surface area contributed by atoms with Gasteiger partial charge < -0.3 is 15.5 Å². The number of aromatic nitrogens is 1. The number of hydrazine groups is 1. The number of hydrogen-bond acceptors (Lipinski definition) is 6. The van der Waals surface area contributed by atoms with Crippen molar-refractivity contribution in [3.63, 3.8) is 0 Å². The van der Waals surface area contributed by atoms with E-state index in [0.717, 1.165) is 0 Å². The Balaban J connectivity index is 2.68. The molecule has 1 aromatic rings. The third-order valence-corrected chi connectivity index (χ3v) is 2.67. The van der Waals surface area contributed by atoms with Gasteiger partial charge in [-0.25, -0.2) is 5.84 Å². The van der Waals surface area contributed by atoms with Crippen LogP contribution < -0.4 is 16.6 Å². The summed E-state index contributed by atoms with van der Waals surface area (Å²) >= 11 is 0.